The Balaban J connectivity index is 2.48. The van der Waals surface area contributed by atoms with E-state index in [4.69, 9.17) is 0 Å². The average molecular weight is 264 g/mol. The molecule has 0 radical (unpaired) electrons. The zero-order chi connectivity index (χ0) is 14.6. The maximum absolute atomic E-state index is 11.6. The summed E-state index contributed by atoms with van der Waals surface area (Å²) in [5.41, 5.74) is 2.58. The lowest BCUT2D eigenvalue weighted by Crippen LogP contribution is -2.44. The van der Waals surface area contributed by atoms with Crippen molar-refractivity contribution < 1.29 is 9.90 Å². The molecule has 0 aliphatic rings. The number of hydrogen-bond donors (Lipinski definition) is 3. The SMILES string of the molecule is Cc1cc(CNCC(=O)NC(C)(C)C)cc(C)c1O. The van der Waals surface area contributed by atoms with Gasteiger partial charge in [-0.15, -0.1) is 0 Å². The molecule has 0 aliphatic heterocycles. The summed E-state index contributed by atoms with van der Waals surface area (Å²) >= 11 is 0. The third-order valence-electron chi connectivity index (χ3n) is 2.68. The van der Waals surface area contributed by atoms with Crippen LogP contribution in [0.2, 0.25) is 0 Å². The summed E-state index contributed by atoms with van der Waals surface area (Å²) in [6.07, 6.45) is 0. The second kappa shape index (κ2) is 6.06. The molecule has 19 heavy (non-hydrogen) atoms. The quantitative estimate of drug-likeness (QED) is 0.779. The Labute approximate surface area is 115 Å². The van der Waals surface area contributed by atoms with E-state index in [2.05, 4.69) is 10.6 Å². The molecule has 0 bridgehead atoms. The molecule has 0 atom stereocenters. The van der Waals surface area contributed by atoms with Crippen molar-refractivity contribution in [1.29, 1.82) is 0 Å². The number of nitrogens with one attached hydrogen (secondary N) is 2. The van der Waals surface area contributed by atoms with Gasteiger partial charge in [0.1, 0.15) is 5.75 Å². The molecule has 1 aromatic rings. The maximum Gasteiger partial charge on any atom is 0.234 e. The van der Waals surface area contributed by atoms with Crippen LogP contribution < -0.4 is 10.6 Å². The van der Waals surface area contributed by atoms with Crippen molar-refractivity contribution in [1.82, 2.24) is 10.6 Å². The van der Waals surface area contributed by atoms with Crippen molar-refractivity contribution in [2.75, 3.05) is 6.54 Å². The topological polar surface area (TPSA) is 61.4 Å². The minimum absolute atomic E-state index is 0.0141. The molecule has 0 spiro atoms. The lowest BCUT2D eigenvalue weighted by Gasteiger charge is -2.20. The largest absolute Gasteiger partial charge is 0.507 e. The highest BCUT2D eigenvalue weighted by Gasteiger charge is 2.13. The van der Waals surface area contributed by atoms with E-state index in [9.17, 15) is 9.90 Å². The number of phenolic OH excluding ortho intramolecular Hbond substituents is 1. The van der Waals surface area contributed by atoms with Crippen LogP contribution in [0.25, 0.3) is 0 Å². The summed E-state index contributed by atoms with van der Waals surface area (Å²) in [7, 11) is 0. The van der Waals surface area contributed by atoms with Crippen molar-refractivity contribution in [3.05, 3.63) is 28.8 Å². The lowest BCUT2D eigenvalue weighted by molar-refractivity contribution is -0.121. The Morgan fingerprint density at radius 3 is 2.21 bits per heavy atom. The van der Waals surface area contributed by atoms with Crippen LogP contribution in [0.3, 0.4) is 0 Å². The number of phenols is 1. The normalized spacial score (nSPS) is 11.4. The van der Waals surface area contributed by atoms with E-state index in [1.165, 1.54) is 0 Å². The lowest BCUT2D eigenvalue weighted by atomic mass is 10.1. The van der Waals surface area contributed by atoms with Crippen molar-refractivity contribution in [2.24, 2.45) is 0 Å². The fraction of sp³-hybridized carbons (Fsp3) is 0.533. The van der Waals surface area contributed by atoms with Crippen molar-refractivity contribution in [3.8, 4) is 5.75 Å². The summed E-state index contributed by atoms with van der Waals surface area (Å²) in [6.45, 7) is 10.5. The number of amides is 1. The second-order valence-corrected chi connectivity index (χ2v) is 5.98. The molecule has 4 heteroatoms. The van der Waals surface area contributed by atoms with Gasteiger partial charge in [0.25, 0.3) is 0 Å². The summed E-state index contributed by atoms with van der Waals surface area (Å²) < 4.78 is 0. The van der Waals surface area contributed by atoms with E-state index in [1.807, 2.05) is 46.8 Å². The smallest absolute Gasteiger partial charge is 0.234 e. The fourth-order valence-electron chi connectivity index (χ4n) is 1.93. The molecule has 0 saturated heterocycles. The number of rotatable bonds is 4. The molecular formula is C15H24N2O2. The first-order valence-electron chi connectivity index (χ1n) is 6.50. The second-order valence-electron chi connectivity index (χ2n) is 5.98. The first-order valence-corrected chi connectivity index (χ1v) is 6.50. The van der Waals surface area contributed by atoms with Gasteiger partial charge in [0.2, 0.25) is 5.91 Å². The van der Waals surface area contributed by atoms with Gasteiger partial charge in [-0.1, -0.05) is 12.1 Å². The van der Waals surface area contributed by atoms with Crippen LogP contribution in [0.4, 0.5) is 0 Å². The predicted molar refractivity (Wildman–Crippen MR) is 77.2 cm³/mol. The number of carbonyl (C=O) groups is 1. The first kappa shape index (κ1) is 15.5. The van der Waals surface area contributed by atoms with Crippen LogP contribution >= 0.6 is 0 Å². The maximum atomic E-state index is 11.6. The minimum Gasteiger partial charge on any atom is -0.507 e. The summed E-state index contributed by atoms with van der Waals surface area (Å²) in [5.74, 6) is 0.328. The van der Waals surface area contributed by atoms with Gasteiger partial charge in [-0.2, -0.15) is 0 Å². The van der Waals surface area contributed by atoms with E-state index < -0.39 is 0 Å². The van der Waals surface area contributed by atoms with Crippen LogP contribution in [-0.2, 0) is 11.3 Å². The predicted octanol–water partition coefficient (Wildman–Crippen LogP) is 2.01. The Morgan fingerprint density at radius 2 is 1.74 bits per heavy atom. The monoisotopic (exact) mass is 264 g/mol. The first-order chi connectivity index (χ1) is 8.69. The molecule has 0 fully saturated rings. The molecule has 4 nitrogen and oxygen atoms in total. The molecule has 3 N–H and O–H groups in total. The summed E-state index contributed by atoms with van der Waals surface area (Å²) in [4.78, 5) is 11.6. The number of aromatic hydroxyl groups is 1. The molecule has 1 rings (SSSR count). The van der Waals surface area contributed by atoms with Gasteiger partial charge in [0.15, 0.2) is 0 Å². The highest BCUT2D eigenvalue weighted by atomic mass is 16.3. The zero-order valence-corrected chi connectivity index (χ0v) is 12.4. The van der Waals surface area contributed by atoms with Crippen molar-refractivity contribution in [2.45, 2.75) is 46.7 Å². The average Bonchev–Trinajstić information content (AvgIpc) is 2.23. The molecule has 0 saturated carbocycles. The van der Waals surface area contributed by atoms with Gasteiger partial charge < -0.3 is 15.7 Å². The van der Waals surface area contributed by atoms with E-state index in [0.29, 0.717) is 12.3 Å². The van der Waals surface area contributed by atoms with Crippen molar-refractivity contribution >= 4 is 5.91 Å². The highest BCUT2D eigenvalue weighted by Crippen LogP contribution is 2.22. The van der Waals surface area contributed by atoms with Crippen LogP contribution in [-0.4, -0.2) is 23.1 Å². The number of aryl methyl sites for hydroxylation is 2. The summed E-state index contributed by atoms with van der Waals surface area (Å²) in [5, 5.41) is 15.7. The van der Waals surface area contributed by atoms with E-state index in [-0.39, 0.29) is 18.0 Å². The summed E-state index contributed by atoms with van der Waals surface area (Å²) in [6, 6.07) is 3.86. The van der Waals surface area contributed by atoms with Gasteiger partial charge in [0.05, 0.1) is 6.54 Å². The standard InChI is InChI=1S/C15H24N2O2/c1-10-6-12(7-11(2)14(10)19)8-16-9-13(18)17-15(3,4)5/h6-7,16,19H,8-9H2,1-5H3,(H,17,18). The van der Waals surface area contributed by atoms with Gasteiger partial charge in [0, 0.05) is 12.1 Å². The molecule has 0 aliphatic carbocycles. The van der Waals surface area contributed by atoms with Crippen LogP contribution in [0, 0.1) is 13.8 Å². The van der Waals surface area contributed by atoms with Gasteiger partial charge >= 0.3 is 0 Å². The molecule has 0 aromatic heterocycles. The van der Waals surface area contributed by atoms with Crippen molar-refractivity contribution in [3.63, 3.8) is 0 Å². The molecular weight excluding hydrogens is 240 g/mol. The van der Waals surface area contributed by atoms with Crippen LogP contribution in [0.5, 0.6) is 5.75 Å². The molecule has 0 unspecified atom stereocenters. The van der Waals surface area contributed by atoms with Crippen LogP contribution in [0.15, 0.2) is 12.1 Å². The Hall–Kier alpha value is -1.55. The van der Waals surface area contributed by atoms with E-state index >= 15 is 0 Å². The molecule has 1 aromatic carbocycles. The third kappa shape index (κ3) is 5.30. The Bertz CT molecular complexity index is 439. The van der Waals surface area contributed by atoms with E-state index in [1.54, 1.807) is 0 Å². The molecule has 0 heterocycles. The molecule has 1 amide bonds. The van der Waals surface area contributed by atoms with Gasteiger partial charge in [-0.3, -0.25) is 4.79 Å². The Kier molecular flexibility index (Phi) is 4.95. The molecule has 106 valence electrons. The van der Waals surface area contributed by atoms with Crippen LogP contribution in [0.1, 0.15) is 37.5 Å². The third-order valence-corrected chi connectivity index (χ3v) is 2.68. The minimum atomic E-state index is -0.204. The number of carbonyl (C=O) groups excluding carboxylic acids is 1. The number of hydrogen-bond acceptors (Lipinski definition) is 3. The fourth-order valence-corrected chi connectivity index (χ4v) is 1.93. The van der Waals surface area contributed by atoms with Gasteiger partial charge in [-0.25, -0.2) is 0 Å². The Morgan fingerprint density at radius 1 is 1.21 bits per heavy atom. The number of benzene rings is 1. The van der Waals surface area contributed by atoms with E-state index in [0.717, 1.165) is 16.7 Å². The highest BCUT2D eigenvalue weighted by molar-refractivity contribution is 5.78. The van der Waals surface area contributed by atoms with Gasteiger partial charge in [-0.05, 0) is 51.3 Å². The zero-order valence-electron chi connectivity index (χ0n) is 12.4.